The van der Waals surface area contributed by atoms with E-state index in [2.05, 4.69) is 9.97 Å². The Morgan fingerprint density at radius 1 is 0.977 bits per heavy atom. The predicted molar refractivity (Wildman–Crippen MR) is 142 cm³/mol. The fourth-order valence-electron chi connectivity index (χ4n) is 4.17. The highest BCUT2D eigenvalue weighted by molar-refractivity contribution is 6.27. The molecule has 4 aromatic rings. The molecular weight excluding hydrogens is 586 g/mol. The molecule has 2 aromatic carbocycles. The van der Waals surface area contributed by atoms with Crippen molar-refractivity contribution in [1.82, 2.24) is 9.97 Å². The molecule has 0 unspecified atom stereocenters. The minimum absolute atomic E-state index is 0.00270. The van der Waals surface area contributed by atoms with Gasteiger partial charge in [-0.15, -0.1) is 0 Å². The molecule has 1 aliphatic rings. The fraction of sp³-hybridized carbons (Fsp3) is 0.214. The Balaban J connectivity index is 0.000000541. The van der Waals surface area contributed by atoms with Gasteiger partial charge in [-0.3, -0.25) is 9.69 Å². The zero-order valence-electron chi connectivity index (χ0n) is 22.3. The normalized spacial score (nSPS) is 13.9. The zero-order valence-corrected chi connectivity index (χ0v) is 22.3. The molecule has 0 radical (unpaired) electrons. The number of nitrogens with one attached hydrogen (secondary N) is 1. The molecule has 1 fully saturated rings. The monoisotopic (exact) mass is 608 g/mol. The number of H-pyrrole nitrogens is 1. The number of aromatic nitrogens is 2. The molecule has 15 heteroatoms. The zero-order chi connectivity index (χ0) is 31.7. The Morgan fingerprint density at radius 3 is 2.30 bits per heavy atom. The number of aromatic amines is 1. The molecule has 43 heavy (non-hydrogen) atoms. The van der Waals surface area contributed by atoms with E-state index in [1.54, 1.807) is 36.7 Å². The number of amides is 3. The number of imide groups is 1. The van der Waals surface area contributed by atoms with Gasteiger partial charge < -0.3 is 14.8 Å². The molecular formula is C28H22F6N4O5. The van der Waals surface area contributed by atoms with Crippen LogP contribution in [0.15, 0.2) is 67.0 Å². The lowest BCUT2D eigenvalue weighted by Crippen LogP contribution is -2.33. The van der Waals surface area contributed by atoms with Gasteiger partial charge in [-0.1, -0.05) is 19.9 Å². The van der Waals surface area contributed by atoms with Crippen LogP contribution in [0.2, 0.25) is 0 Å². The Kier molecular flexibility index (Phi) is 8.37. The maximum absolute atomic E-state index is 13.2. The largest absolute Gasteiger partial charge is 0.490 e. The van der Waals surface area contributed by atoms with Crippen molar-refractivity contribution in [2.45, 2.75) is 32.1 Å². The summed E-state index contributed by atoms with van der Waals surface area (Å²) in [6, 6.07) is 12.2. The Hall–Kier alpha value is -5.08. The van der Waals surface area contributed by atoms with Crippen molar-refractivity contribution < 1.29 is 50.6 Å². The molecule has 9 nitrogen and oxygen atoms in total. The van der Waals surface area contributed by atoms with Crippen LogP contribution in [0.5, 0.6) is 11.5 Å². The molecule has 226 valence electrons. The minimum atomic E-state index is -5.08. The first-order valence-electron chi connectivity index (χ1n) is 12.4. The first-order valence-corrected chi connectivity index (χ1v) is 12.4. The number of carbonyl (C=O) groups excluding carboxylic acids is 2. The van der Waals surface area contributed by atoms with Gasteiger partial charge in [0.15, 0.2) is 0 Å². The van der Waals surface area contributed by atoms with E-state index >= 15 is 0 Å². The lowest BCUT2D eigenvalue weighted by Gasteiger charge is -2.21. The summed E-state index contributed by atoms with van der Waals surface area (Å²) in [5, 5.41) is 7.93. The van der Waals surface area contributed by atoms with Crippen molar-refractivity contribution in [1.29, 1.82) is 0 Å². The van der Waals surface area contributed by atoms with Gasteiger partial charge in [0.05, 0.1) is 16.6 Å². The highest BCUT2D eigenvalue weighted by Crippen LogP contribution is 2.38. The van der Waals surface area contributed by atoms with Crippen molar-refractivity contribution in [3.05, 3.63) is 78.1 Å². The second kappa shape index (κ2) is 11.7. The molecule has 5 rings (SSSR count). The number of alkyl halides is 6. The third kappa shape index (κ3) is 6.71. The van der Waals surface area contributed by atoms with E-state index in [4.69, 9.17) is 14.6 Å². The summed E-state index contributed by atoms with van der Waals surface area (Å²) in [6.07, 6.45) is -6.26. The Morgan fingerprint density at radius 2 is 1.67 bits per heavy atom. The van der Waals surface area contributed by atoms with Crippen LogP contribution in [0.4, 0.5) is 42.5 Å². The van der Waals surface area contributed by atoms with Crippen molar-refractivity contribution >= 4 is 40.3 Å². The smallest absolute Gasteiger partial charge is 0.475 e. The summed E-state index contributed by atoms with van der Waals surface area (Å²) in [5.41, 5.74) is 0.860. The predicted octanol–water partition coefficient (Wildman–Crippen LogP) is 7.10. The summed E-state index contributed by atoms with van der Waals surface area (Å²) in [6.45, 7) is 3.54. The van der Waals surface area contributed by atoms with Crippen molar-refractivity contribution in [2.24, 2.45) is 0 Å². The molecule has 1 aliphatic heterocycles. The number of fused-ring (bicyclic) bond motifs is 1. The first-order chi connectivity index (χ1) is 20.1. The number of carboxylic acids is 1. The second-order valence-corrected chi connectivity index (χ2v) is 9.48. The number of anilines is 2. The van der Waals surface area contributed by atoms with Crippen molar-refractivity contribution in [3.63, 3.8) is 0 Å². The van der Waals surface area contributed by atoms with Gasteiger partial charge in [-0.05, 0) is 60.0 Å². The Bertz CT molecular complexity index is 1680. The fourth-order valence-corrected chi connectivity index (χ4v) is 4.17. The van der Waals surface area contributed by atoms with E-state index in [0.717, 1.165) is 32.9 Å². The standard InChI is InChI=1S/C26H21F3N4O3.C2HF3O2/c1-15(2)20-13-18(6-7-21(20)36-22-9-11-31-24-19(22)8-10-30-24)33-23(34)14-32(25(33)35)17-5-3-4-16(12-17)26(27,28)29;3-2(4,5)1(6)7/h3-13,15H,14H2,1-2H3,(H,30,31);(H,6,7). The molecule has 1 saturated heterocycles. The SMILES string of the molecule is CC(C)c1cc(N2C(=O)CN(c3cccc(C(F)(F)F)c3)C2=O)ccc1Oc1ccnc2[nH]ccc12.O=C(O)C(F)(F)F. The molecule has 2 N–H and O–H groups in total. The number of carbonyl (C=O) groups is 3. The first kappa shape index (κ1) is 30.9. The maximum atomic E-state index is 13.2. The van der Waals surface area contributed by atoms with Gasteiger partial charge in [-0.25, -0.2) is 19.5 Å². The van der Waals surface area contributed by atoms with Crippen LogP contribution < -0.4 is 14.5 Å². The van der Waals surface area contributed by atoms with Gasteiger partial charge in [0.1, 0.15) is 23.7 Å². The van der Waals surface area contributed by atoms with E-state index in [-0.39, 0.29) is 18.2 Å². The average molecular weight is 608 g/mol. The van der Waals surface area contributed by atoms with Crippen LogP contribution in [0, 0.1) is 0 Å². The number of benzene rings is 2. The molecule has 2 aromatic heterocycles. The number of halogens is 6. The number of pyridine rings is 1. The van der Waals surface area contributed by atoms with Crippen LogP contribution in [0.3, 0.4) is 0 Å². The van der Waals surface area contributed by atoms with E-state index in [9.17, 15) is 35.9 Å². The third-order valence-electron chi connectivity index (χ3n) is 6.21. The average Bonchev–Trinajstić information content (AvgIpc) is 3.53. The van der Waals surface area contributed by atoms with Crippen LogP contribution >= 0.6 is 0 Å². The summed E-state index contributed by atoms with van der Waals surface area (Å²) < 4.78 is 77.4. The summed E-state index contributed by atoms with van der Waals surface area (Å²) in [5.74, 6) is -2.16. The number of rotatable bonds is 5. The lowest BCUT2D eigenvalue weighted by atomic mass is 10.0. The van der Waals surface area contributed by atoms with Gasteiger partial charge in [0, 0.05) is 18.1 Å². The molecule has 3 amide bonds. The summed E-state index contributed by atoms with van der Waals surface area (Å²) in [7, 11) is 0. The molecule has 0 aliphatic carbocycles. The molecule has 0 atom stereocenters. The maximum Gasteiger partial charge on any atom is 0.490 e. The van der Waals surface area contributed by atoms with Crippen molar-refractivity contribution in [2.75, 3.05) is 16.3 Å². The summed E-state index contributed by atoms with van der Waals surface area (Å²) in [4.78, 5) is 44.2. The molecule has 3 heterocycles. The van der Waals surface area contributed by atoms with E-state index in [0.29, 0.717) is 22.8 Å². The molecule has 0 bridgehead atoms. The second-order valence-electron chi connectivity index (χ2n) is 9.48. The summed E-state index contributed by atoms with van der Waals surface area (Å²) >= 11 is 0. The van der Waals surface area contributed by atoms with Crippen LogP contribution in [-0.4, -0.2) is 45.7 Å². The number of carboxylic acid groups (broad SMARTS) is 1. The van der Waals surface area contributed by atoms with Gasteiger partial charge in [0.2, 0.25) is 0 Å². The van der Waals surface area contributed by atoms with Crippen LogP contribution in [-0.2, 0) is 15.8 Å². The third-order valence-corrected chi connectivity index (χ3v) is 6.21. The molecule has 0 spiro atoms. The highest BCUT2D eigenvalue weighted by atomic mass is 19.4. The number of nitrogens with zero attached hydrogens (tertiary/aromatic N) is 3. The lowest BCUT2D eigenvalue weighted by molar-refractivity contribution is -0.192. The van der Waals surface area contributed by atoms with E-state index < -0.39 is 35.8 Å². The van der Waals surface area contributed by atoms with Crippen LogP contribution in [0.1, 0.15) is 30.9 Å². The number of urea groups is 1. The number of hydrogen-bond acceptors (Lipinski definition) is 5. The number of ether oxygens (including phenoxy) is 1. The van der Waals surface area contributed by atoms with E-state index in [1.807, 2.05) is 19.9 Å². The van der Waals surface area contributed by atoms with E-state index in [1.165, 1.54) is 12.1 Å². The Labute approximate surface area is 239 Å². The van der Waals surface area contributed by atoms with Gasteiger partial charge in [-0.2, -0.15) is 26.3 Å². The topological polar surface area (TPSA) is 116 Å². The minimum Gasteiger partial charge on any atom is -0.475 e. The molecule has 0 saturated carbocycles. The van der Waals surface area contributed by atoms with Gasteiger partial charge in [0.25, 0.3) is 5.91 Å². The quantitative estimate of drug-likeness (QED) is 0.184. The van der Waals surface area contributed by atoms with Crippen molar-refractivity contribution in [3.8, 4) is 11.5 Å². The highest BCUT2D eigenvalue weighted by Gasteiger charge is 2.40. The number of aliphatic carboxylic acids is 1. The van der Waals surface area contributed by atoms with Gasteiger partial charge >= 0.3 is 24.4 Å². The number of hydrogen-bond donors (Lipinski definition) is 2. The van der Waals surface area contributed by atoms with Crippen LogP contribution in [0.25, 0.3) is 11.0 Å².